The molecule has 0 aliphatic heterocycles. The van der Waals surface area contributed by atoms with Gasteiger partial charge in [-0.25, -0.2) is 5.06 Å². The second-order valence-electron chi connectivity index (χ2n) is 10.9. The molecular weight excluding hydrogens is 552 g/mol. The van der Waals surface area contributed by atoms with E-state index in [4.69, 9.17) is 22.9 Å². The minimum atomic E-state index is -1.71. The van der Waals surface area contributed by atoms with Gasteiger partial charge in [-0.15, -0.1) is 0 Å². The van der Waals surface area contributed by atoms with Gasteiger partial charge in [-0.1, -0.05) is 54.4 Å². The summed E-state index contributed by atoms with van der Waals surface area (Å²) in [6.07, 6.45) is -0.407. The van der Waals surface area contributed by atoms with Gasteiger partial charge >= 0.3 is 0 Å². The molecule has 16 heteroatoms. The number of rotatable bonds is 19. The first-order valence-corrected chi connectivity index (χ1v) is 13.9. The van der Waals surface area contributed by atoms with Gasteiger partial charge < -0.3 is 38.9 Å². The number of carbonyl (C=O) groups excluding carboxylic acids is 7. The van der Waals surface area contributed by atoms with Crippen LogP contribution in [0.15, 0.2) is 0 Å². The van der Waals surface area contributed by atoms with Crippen LogP contribution in [0, 0.1) is 17.8 Å². The molecule has 0 radical (unpaired) electrons. The molecule has 0 bridgehead atoms. The normalized spacial score (nSPS) is 16.1. The minimum Gasteiger partial charge on any atom is -0.370 e. The third kappa shape index (κ3) is 12.0. The van der Waals surface area contributed by atoms with Crippen molar-refractivity contribution in [3.05, 3.63) is 0 Å². The van der Waals surface area contributed by atoms with E-state index in [2.05, 4.69) is 16.0 Å². The van der Waals surface area contributed by atoms with Crippen LogP contribution in [0.4, 0.5) is 0 Å². The summed E-state index contributed by atoms with van der Waals surface area (Å²) in [5, 5.41) is 18.3. The topological polar surface area (TPSA) is 283 Å². The maximum absolute atomic E-state index is 13.5. The third-order valence-corrected chi connectivity index (χ3v) is 7.14. The van der Waals surface area contributed by atoms with E-state index >= 15 is 0 Å². The number of nitrogens with zero attached hydrogens (tertiary/aromatic N) is 1. The van der Waals surface area contributed by atoms with Gasteiger partial charge in [0.25, 0.3) is 5.91 Å². The van der Waals surface area contributed by atoms with Gasteiger partial charge in [0, 0.05) is 6.42 Å². The lowest BCUT2D eigenvalue weighted by molar-refractivity contribution is -0.184. The molecule has 16 nitrogen and oxygen atoms in total. The van der Waals surface area contributed by atoms with Crippen LogP contribution in [0.3, 0.4) is 0 Å². The van der Waals surface area contributed by atoms with Crippen molar-refractivity contribution in [3.63, 3.8) is 0 Å². The fourth-order valence-corrected chi connectivity index (χ4v) is 3.85. The van der Waals surface area contributed by atoms with Gasteiger partial charge in [0.05, 0.1) is 12.5 Å². The molecule has 7 amide bonds. The largest absolute Gasteiger partial charge is 0.370 e. The summed E-state index contributed by atoms with van der Waals surface area (Å²) >= 11 is 0. The maximum Gasteiger partial charge on any atom is 0.269 e. The van der Waals surface area contributed by atoms with Crippen molar-refractivity contribution < 1.29 is 38.8 Å². The Hall–Kier alpha value is -3.79. The molecule has 0 rings (SSSR count). The fourth-order valence-electron chi connectivity index (χ4n) is 3.85. The Kier molecular flexibility index (Phi) is 16.3. The lowest BCUT2D eigenvalue weighted by atomic mass is 9.95. The number of nitrogens with two attached hydrogens (primary N) is 4. The van der Waals surface area contributed by atoms with Crippen LogP contribution in [-0.2, 0) is 33.6 Å². The van der Waals surface area contributed by atoms with Gasteiger partial charge in [-0.2, -0.15) is 0 Å². The number of carbonyl (C=O) groups is 7. The summed E-state index contributed by atoms with van der Waals surface area (Å²) in [5.74, 6) is -7.64. The first-order valence-electron chi connectivity index (χ1n) is 13.9. The summed E-state index contributed by atoms with van der Waals surface area (Å²) in [4.78, 5) is 87.0. The van der Waals surface area contributed by atoms with Crippen molar-refractivity contribution in [3.8, 4) is 0 Å². The van der Waals surface area contributed by atoms with E-state index in [9.17, 15) is 38.8 Å². The monoisotopic (exact) mass is 600 g/mol. The van der Waals surface area contributed by atoms with Gasteiger partial charge in [0.1, 0.15) is 24.2 Å². The van der Waals surface area contributed by atoms with E-state index in [0.717, 1.165) is 0 Å². The first-order chi connectivity index (χ1) is 19.4. The molecule has 0 fully saturated rings. The average Bonchev–Trinajstić information content (AvgIpc) is 2.91. The van der Waals surface area contributed by atoms with Crippen molar-refractivity contribution in [2.75, 3.05) is 0 Å². The van der Waals surface area contributed by atoms with E-state index in [1.165, 1.54) is 0 Å². The second kappa shape index (κ2) is 17.9. The maximum atomic E-state index is 13.5. The van der Waals surface area contributed by atoms with Crippen LogP contribution in [0.1, 0.15) is 73.6 Å². The average molecular weight is 601 g/mol. The number of hydroxylamine groups is 2. The number of hydrogen-bond acceptors (Lipinski definition) is 9. The van der Waals surface area contributed by atoms with Crippen LogP contribution in [0.2, 0.25) is 0 Å². The Balaban J connectivity index is 6.17. The zero-order valence-electron chi connectivity index (χ0n) is 25.2. The molecule has 7 atom stereocenters. The smallest absolute Gasteiger partial charge is 0.269 e. The molecule has 12 N–H and O–H groups in total. The predicted octanol–water partition coefficient (Wildman–Crippen LogP) is -2.27. The highest BCUT2D eigenvalue weighted by Crippen LogP contribution is 2.16. The fraction of sp³-hybridized carbons (Fsp3) is 0.731. The molecule has 0 aliphatic rings. The van der Waals surface area contributed by atoms with E-state index in [0.29, 0.717) is 12.8 Å². The predicted molar refractivity (Wildman–Crippen MR) is 151 cm³/mol. The highest BCUT2D eigenvalue weighted by molar-refractivity contribution is 5.96. The number of hydrogen-bond donors (Lipinski definition) is 8. The number of primary amides is 3. The second-order valence-corrected chi connectivity index (χ2v) is 10.9. The molecule has 0 aromatic carbocycles. The standard InChI is InChI=1S/C26H48N8O8/c1-7-13(5)19(29)24(39)33-21(14(6)8-2)26(41)34(42)16(9-10-17(27)35)23(38)32-20(12(3)4)25(40)31-15(22(30)37)11-18(28)36/h12-16,19-21,42H,7-11,29H2,1-6H3,(H2,27,35)(H2,28,36)(H2,30,37)(H,31,40)(H,32,38)(H,33,39)/t13?,14?,15-,16-,19?,20-,21-/m0/s1. The Bertz CT molecular complexity index is 991. The first kappa shape index (κ1) is 38.2. The number of amides is 7. The molecule has 42 heavy (non-hydrogen) atoms. The minimum absolute atomic E-state index is 0.110. The van der Waals surface area contributed by atoms with Crippen molar-refractivity contribution in [2.45, 2.75) is 104 Å². The summed E-state index contributed by atoms with van der Waals surface area (Å²) in [7, 11) is 0. The zero-order chi connectivity index (χ0) is 32.9. The van der Waals surface area contributed by atoms with Crippen molar-refractivity contribution in [1.29, 1.82) is 0 Å². The molecule has 0 saturated carbocycles. The SMILES string of the molecule is CCC(C)C(N)C(=O)N[C@H](C(=O)N(O)[C@@H](CCC(N)=O)C(=O)N[C@H](C(=O)N[C@@H](CC(N)=O)C(N)=O)C(C)C)C(C)CC. The van der Waals surface area contributed by atoms with E-state index in [1.54, 1.807) is 34.6 Å². The quantitative estimate of drug-likeness (QED) is 0.0585. The van der Waals surface area contributed by atoms with Crippen LogP contribution in [0.25, 0.3) is 0 Å². The summed E-state index contributed by atoms with van der Waals surface area (Å²) in [5.41, 5.74) is 21.6. The van der Waals surface area contributed by atoms with Crippen LogP contribution < -0.4 is 38.9 Å². The molecule has 0 aromatic rings. The molecule has 3 unspecified atom stereocenters. The summed E-state index contributed by atoms with van der Waals surface area (Å²) in [6, 6.07) is -6.69. The molecular formula is C26H48N8O8. The van der Waals surface area contributed by atoms with Gasteiger partial charge in [-0.05, 0) is 24.2 Å². The Morgan fingerprint density at radius 3 is 1.69 bits per heavy atom. The van der Waals surface area contributed by atoms with Gasteiger partial charge in [0.2, 0.25) is 35.4 Å². The molecule has 240 valence electrons. The lowest BCUT2D eigenvalue weighted by Gasteiger charge is -2.33. The van der Waals surface area contributed by atoms with E-state index < -0.39 is 103 Å². The van der Waals surface area contributed by atoms with E-state index in [-0.39, 0.29) is 11.0 Å². The van der Waals surface area contributed by atoms with Crippen LogP contribution in [0.5, 0.6) is 0 Å². The van der Waals surface area contributed by atoms with Crippen LogP contribution in [-0.4, -0.2) is 81.8 Å². The zero-order valence-corrected chi connectivity index (χ0v) is 25.2. The highest BCUT2D eigenvalue weighted by Gasteiger charge is 2.39. The number of nitrogens with one attached hydrogen (secondary N) is 3. The van der Waals surface area contributed by atoms with Gasteiger partial charge in [-0.3, -0.25) is 38.8 Å². The summed E-state index contributed by atoms with van der Waals surface area (Å²) in [6.45, 7) is 10.2. The Labute approximate surface area is 246 Å². The van der Waals surface area contributed by atoms with Crippen LogP contribution >= 0.6 is 0 Å². The highest BCUT2D eigenvalue weighted by atomic mass is 16.5. The Morgan fingerprint density at radius 2 is 1.26 bits per heavy atom. The van der Waals surface area contributed by atoms with Crippen molar-refractivity contribution in [1.82, 2.24) is 21.0 Å². The van der Waals surface area contributed by atoms with E-state index in [1.807, 2.05) is 6.92 Å². The summed E-state index contributed by atoms with van der Waals surface area (Å²) < 4.78 is 0. The van der Waals surface area contributed by atoms with Gasteiger partial charge in [0.15, 0.2) is 0 Å². The Morgan fingerprint density at radius 1 is 0.738 bits per heavy atom. The molecule has 0 heterocycles. The molecule has 0 spiro atoms. The van der Waals surface area contributed by atoms with Crippen molar-refractivity contribution in [2.24, 2.45) is 40.7 Å². The molecule has 0 saturated heterocycles. The molecule has 0 aromatic heterocycles. The van der Waals surface area contributed by atoms with Crippen molar-refractivity contribution >= 4 is 41.4 Å². The molecule has 0 aliphatic carbocycles. The third-order valence-electron chi connectivity index (χ3n) is 7.14. The lowest BCUT2D eigenvalue weighted by Crippen LogP contribution is -2.61.